The highest BCUT2D eigenvalue weighted by molar-refractivity contribution is 5.75. The largest absolute Gasteiger partial charge is 0.356 e. The van der Waals surface area contributed by atoms with Gasteiger partial charge in [-0.1, -0.05) is 31.9 Å². The minimum Gasteiger partial charge on any atom is -0.356 e. The Hall–Kier alpha value is -1.27. The van der Waals surface area contributed by atoms with Crippen molar-refractivity contribution in [3.63, 3.8) is 0 Å². The number of carbonyl (C=O) groups is 1. The number of amides is 1. The van der Waals surface area contributed by atoms with Gasteiger partial charge in [0.1, 0.15) is 0 Å². The van der Waals surface area contributed by atoms with Crippen LogP contribution < -0.4 is 5.32 Å². The Balaban J connectivity index is 1.98. The zero-order chi connectivity index (χ0) is 11.6. The summed E-state index contributed by atoms with van der Waals surface area (Å²) in [6, 6.07) is 0. The lowest BCUT2D eigenvalue weighted by molar-refractivity contribution is -0.121. The quantitative estimate of drug-likeness (QED) is 0.493. The maximum Gasteiger partial charge on any atom is 0.220 e. The second kappa shape index (κ2) is 7.95. The average Bonchev–Trinajstić information content (AvgIpc) is 2.77. The maximum atomic E-state index is 11.4. The van der Waals surface area contributed by atoms with E-state index >= 15 is 0 Å². The third kappa shape index (κ3) is 5.57. The molecule has 0 spiro atoms. The zero-order valence-electron chi connectivity index (χ0n) is 10.1. The summed E-state index contributed by atoms with van der Waals surface area (Å²) in [5.74, 6) is 0.183. The fourth-order valence-corrected chi connectivity index (χ4v) is 1.65. The fourth-order valence-electron chi connectivity index (χ4n) is 1.65. The van der Waals surface area contributed by atoms with Crippen molar-refractivity contribution in [2.75, 3.05) is 6.54 Å². The van der Waals surface area contributed by atoms with Gasteiger partial charge in [-0.05, 0) is 30.9 Å². The standard InChI is InChI=1S/C14H21NO/c1-2-3-6-12-15-14(16)11-7-10-13-8-4-5-9-13/h4-5,8H,2-3,6-7,10-12H2,1H3,(H,15,16). The van der Waals surface area contributed by atoms with Gasteiger partial charge in [0.15, 0.2) is 0 Å². The fraction of sp³-hybridized carbons (Fsp3) is 0.571. The van der Waals surface area contributed by atoms with E-state index in [1.807, 2.05) is 12.2 Å². The zero-order valence-corrected chi connectivity index (χ0v) is 10.1. The van der Waals surface area contributed by atoms with E-state index in [9.17, 15) is 4.79 Å². The Labute approximate surface area is 98.1 Å². The van der Waals surface area contributed by atoms with Crippen molar-refractivity contribution < 1.29 is 4.79 Å². The first-order valence-electron chi connectivity index (χ1n) is 6.22. The predicted molar refractivity (Wildman–Crippen MR) is 67.1 cm³/mol. The summed E-state index contributed by atoms with van der Waals surface area (Å²) in [6.07, 6.45) is 11.9. The summed E-state index contributed by atoms with van der Waals surface area (Å²) in [5, 5.41) is 2.95. The number of unbranched alkanes of at least 4 members (excludes halogenated alkanes) is 2. The van der Waals surface area contributed by atoms with Crippen molar-refractivity contribution >= 4 is 5.91 Å². The van der Waals surface area contributed by atoms with Crippen LogP contribution in [-0.2, 0) is 4.79 Å². The van der Waals surface area contributed by atoms with Crippen LogP contribution >= 0.6 is 0 Å². The van der Waals surface area contributed by atoms with Gasteiger partial charge < -0.3 is 5.32 Å². The Morgan fingerprint density at radius 2 is 2.25 bits per heavy atom. The lowest BCUT2D eigenvalue weighted by Crippen LogP contribution is -2.23. The highest BCUT2D eigenvalue weighted by Crippen LogP contribution is 2.10. The van der Waals surface area contributed by atoms with Crippen LogP contribution in [0.5, 0.6) is 0 Å². The van der Waals surface area contributed by atoms with E-state index in [2.05, 4.69) is 24.0 Å². The number of allylic oxidation sites excluding steroid dienone is 3. The Morgan fingerprint density at radius 1 is 1.38 bits per heavy atom. The van der Waals surface area contributed by atoms with E-state index in [0.29, 0.717) is 6.42 Å². The molecule has 2 nitrogen and oxygen atoms in total. The van der Waals surface area contributed by atoms with Gasteiger partial charge in [0.05, 0.1) is 0 Å². The summed E-state index contributed by atoms with van der Waals surface area (Å²) >= 11 is 0. The van der Waals surface area contributed by atoms with E-state index < -0.39 is 0 Å². The molecule has 0 saturated carbocycles. The molecule has 1 aliphatic rings. The molecule has 16 heavy (non-hydrogen) atoms. The lowest BCUT2D eigenvalue weighted by Gasteiger charge is -2.04. The first-order valence-corrected chi connectivity index (χ1v) is 6.22. The van der Waals surface area contributed by atoms with Crippen LogP contribution in [0.15, 0.2) is 29.5 Å². The molecule has 0 aromatic rings. The molecule has 1 amide bonds. The molecule has 1 rings (SSSR count). The van der Waals surface area contributed by atoms with Gasteiger partial charge in [-0.2, -0.15) is 0 Å². The van der Waals surface area contributed by atoms with E-state index in [1.54, 1.807) is 0 Å². The van der Waals surface area contributed by atoms with Crippen molar-refractivity contribution in [2.24, 2.45) is 0 Å². The molecular weight excluding hydrogens is 198 g/mol. The van der Waals surface area contributed by atoms with Crippen LogP contribution in [0, 0.1) is 0 Å². The highest BCUT2D eigenvalue weighted by atomic mass is 16.1. The van der Waals surface area contributed by atoms with E-state index in [1.165, 1.54) is 18.4 Å². The second-order valence-corrected chi connectivity index (χ2v) is 4.11. The topological polar surface area (TPSA) is 29.1 Å². The van der Waals surface area contributed by atoms with Gasteiger partial charge in [-0.3, -0.25) is 4.79 Å². The minimum atomic E-state index is 0.183. The van der Waals surface area contributed by atoms with Gasteiger partial charge in [-0.15, -0.1) is 5.73 Å². The van der Waals surface area contributed by atoms with Crippen LogP contribution in [0.25, 0.3) is 0 Å². The summed E-state index contributed by atoms with van der Waals surface area (Å²) < 4.78 is 0. The predicted octanol–water partition coefficient (Wildman–Crippen LogP) is 3.11. The van der Waals surface area contributed by atoms with E-state index in [0.717, 1.165) is 25.8 Å². The molecule has 1 N–H and O–H groups in total. The molecule has 0 radical (unpaired) electrons. The van der Waals surface area contributed by atoms with Crippen molar-refractivity contribution in [1.82, 2.24) is 5.32 Å². The summed E-state index contributed by atoms with van der Waals surface area (Å²) in [7, 11) is 0. The molecule has 0 atom stereocenters. The molecule has 0 fully saturated rings. The Morgan fingerprint density at radius 3 is 2.94 bits per heavy atom. The van der Waals surface area contributed by atoms with Crippen LogP contribution in [0.3, 0.4) is 0 Å². The van der Waals surface area contributed by atoms with Crippen LogP contribution in [0.2, 0.25) is 0 Å². The third-order valence-electron chi connectivity index (χ3n) is 2.61. The van der Waals surface area contributed by atoms with Crippen molar-refractivity contribution in [3.05, 3.63) is 29.5 Å². The molecule has 88 valence electrons. The molecule has 1 aliphatic carbocycles. The van der Waals surface area contributed by atoms with Crippen molar-refractivity contribution in [3.8, 4) is 0 Å². The van der Waals surface area contributed by atoms with Crippen LogP contribution in [0.4, 0.5) is 0 Å². The number of hydrogen-bond acceptors (Lipinski definition) is 1. The smallest absolute Gasteiger partial charge is 0.220 e. The SMILES string of the molecule is CCCCCNC(=O)CCCC1=C=CC=C1. The highest BCUT2D eigenvalue weighted by Gasteiger charge is 2.01. The Kier molecular flexibility index (Phi) is 6.36. The minimum absolute atomic E-state index is 0.183. The van der Waals surface area contributed by atoms with Gasteiger partial charge in [0, 0.05) is 13.0 Å². The van der Waals surface area contributed by atoms with Gasteiger partial charge in [0.2, 0.25) is 5.91 Å². The number of hydrogen-bond donors (Lipinski definition) is 1. The molecule has 0 saturated heterocycles. The van der Waals surface area contributed by atoms with Crippen LogP contribution in [0.1, 0.15) is 45.4 Å². The normalized spacial score (nSPS) is 12.9. The number of nitrogens with one attached hydrogen (secondary N) is 1. The van der Waals surface area contributed by atoms with Crippen LogP contribution in [-0.4, -0.2) is 12.5 Å². The summed E-state index contributed by atoms with van der Waals surface area (Å²) in [6.45, 7) is 2.99. The molecule has 0 aromatic heterocycles. The summed E-state index contributed by atoms with van der Waals surface area (Å²) in [4.78, 5) is 11.4. The molecule has 0 aromatic carbocycles. The third-order valence-corrected chi connectivity index (χ3v) is 2.61. The molecule has 0 unspecified atom stereocenters. The number of rotatable bonds is 8. The molecule has 2 heteroatoms. The van der Waals surface area contributed by atoms with Gasteiger partial charge >= 0.3 is 0 Å². The van der Waals surface area contributed by atoms with E-state index in [4.69, 9.17) is 0 Å². The molecule has 0 heterocycles. The van der Waals surface area contributed by atoms with E-state index in [-0.39, 0.29) is 5.91 Å². The lowest BCUT2D eigenvalue weighted by atomic mass is 10.1. The molecule has 0 bridgehead atoms. The van der Waals surface area contributed by atoms with Gasteiger partial charge in [-0.25, -0.2) is 0 Å². The summed E-state index contributed by atoms with van der Waals surface area (Å²) in [5.41, 5.74) is 4.35. The average molecular weight is 219 g/mol. The first-order chi connectivity index (χ1) is 7.83. The molecule has 0 aliphatic heterocycles. The Bertz CT molecular complexity index is 309. The second-order valence-electron chi connectivity index (χ2n) is 4.11. The van der Waals surface area contributed by atoms with Crippen molar-refractivity contribution in [1.29, 1.82) is 0 Å². The number of carbonyl (C=O) groups excluding carboxylic acids is 1. The molecular formula is C14H21NO. The first kappa shape index (κ1) is 12.8. The maximum absolute atomic E-state index is 11.4. The van der Waals surface area contributed by atoms with Crippen molar-refractivity contribution in [2.45, 2.75) is 45.4 Å². The van der Waals surface area contributed by atoms with Gasteiger partial charge in [0.25, 0.3) is 0 Å². The monoisotopic (exact) mass is 219 g/mol.